The summed E-state index contributed by atoms with van der Waals surface area (Å²) in [6.07, 6.45) is 1.91. The molecule has 0 aliphatic carbocycles. The average molecular weight is 371 g/mol. The summed E-state index contributed by atoms with van der Waals surface area (Å²) in [4.78, 5) is 25.0. The van der Waals surface area contributed by atoms with Gasteiger partial charge in [-0.05, 0) is 38.5 Å². The Morgan fingerprint density at radius 1 is 1.27 bits per heavy atom. The Hall–Kier alpha value is -2.41. The van der Waals surface area contributed by atoms with Crippen LogP contribution in [0.5, 0.6) is 5.75 Å². The summed E-state index contributed by atoms with van der Waals surface area (Å²) in [5.74, 6) is 1.60. The zero-order chi connectivity index (χ0) is 18.4. The third kappa shape index (κ3) is 2.76. The van der Waals surface area contributed by atoms with Gasteiger partial charge >= 0.3 is 0 Å². The first-order valence-electron chi connectivity index (χ1n) is 8.68. The van der Waals surface area contributed by atoms with Crippen molar-refractivity contribution in [1.29, 1.82) is 0 Å². The highest BCUT2D eigenvalue weighted by atomic mass is 32.2. The van der Waals surface area contributed by atoms with Gasteiger partial charge in [0.2, 0.25) is 5.91 Å². The van der Waals surface area contributed by atoms with Crippen LogP contribution in [0.1, 0.15) is 43.2 Å². The number of ether oxygens (including phenoxy) is 1. The van der Waals surface area contributed by atoms with Gasteiger partial charge in [0.1, 0.15) is 17.7 Å². The number of amides is 1. The number of hydrogen-bond donors (Lipinski definition) is 2. The van der Waals surface area contributed by atoms with Crippen LogP contribution in [0.2, 0.25) is 0 Å². The number of para-hydroxylation sites is 1. The van der Waals surface area contributed by atoms with E-state index in [-0.39, 0.29) is 28.9 Å². The molecule has 26 heavy (non-hydrogen) atoms. The van der Waals surface area contributed by atoms with Gasteiger partial charge < -0.3 is 10.1 Å². The number of fused-ring (bicyclic) bond motifs is 2. The molecule has 1 aromatic carbocycles. The second-order valence-electron chi connectivity index (χ2n) is 6.85. The third-order valence-electron chi connectivity index (χ3n) is 4.70. The molecule has 2 aliphatic heterocycles. The molecule has 6 nitrogen and oxygen atoms in total. The van der Waals surface area contributed by atoms with Gasteiger partial charge in [-0.25, -0.2) is 0 Å². The van der Waals surface area contributed by atoms with Crippen molar-refractivity contribution in [2.24, 2.45) is 0 Å². The molecule has 2 atom stereocenters. The average Bonchev–Trinajstić information content (AvgIpc) is 2.81. The second-order valence-corrected chi connectivity index (χ2v) is 7.94. The predicted octanol–water partition coefficient (Wildman–Crippen LogP) is 3.35. The molecule has 136 valence electrons. The van der Waals surface area contributed by atoms with E-state index in [1.165, 1.54) is 11.8 Å². The third-order valence-corrected chi connectivity index (χ3v) is 5.97. The highest BCUT2D eigenvalue weighted by Crippen LogP contribution is 2.45. The lowest BCUT2D eigenvalue weighted by Gasteiger charge is -2.28. The largest absolute Gasteiger partial charge is 0.486 e. The molecule has 2 aliphatic rings. The van der Waals surface area contributed by atoms with Gasteiger partial charge in [0.25, 0.3) is 5.56 Å². The van der Waals surface area contributed by atoms with Crippen molar-refractivity contribution in [3.63, 3.8) is 0 Å². The number of anilines is 1. The summed E-state index contributed by atoms with van der Waals surface area (Å²) in [5.41, 5.74) is 2.42. The van der Waals surface area contributed by atoms with Crippen LogP contribution in [0.15, 0.2) is 34.6 Å². The van der Waals surface area contributed by atoms with E-state index in [2.05, 4.69) is 16.5 Å². The number of hydrogen-bond acceptors (Lipinski definition) is 4. The van der Waals surface area contributed by atoms with Crippen molar-refractivity contribution in [2.45, 2.75) is 38.2 Å². The van der Waals surface area contributed by atoms with Crippen LogP contribution in [-0.2, 0) is 4.79 Å². The van der Waals surface area contributed by atoms with Crippen LogP contribution >= 0.6 is 11.8 Å². The number of benzene rings is 1. The molecular formula is C19H21N3O3S. The Labute approximate surface area is 155 Å². The van der Waals surface area contributed by atoms with Gasteiger partial charge in [-0.1, -0.05) is 18.2 Å². The van der Waals surface area contributed by atoms with Crippen molar-refractivity contribution < 1.29 is 9.53 Å². The van der Waals surface area contributed by atoms with Crippen LogP contribution in [0, 0.1) is 0 Å². The van der Waals surface area contributed by atoms with Crippen molar-refractivity contribution in [1.82, 2.24) is 9.78 Å². The molecule has 3 heterocycles. The Bertz CT molecular complexity index is 957. The maximum Gasteiger partial charge on any atom is 0.270 e. The first-order chi connectivity index (χ1) is 12.5. The summed E-state index contributed by atoms with van der Waals surface area (Å²) in [7, 11) is 0. The molecule has 7 heteroatoms. The molecule has 0 spiro atoms. The number of carbonyl (C=O) groups excluding carboxylic acids is 1. The fourth-order valence-corrected chi connectivity index (χ4v) is 4.67. The normalized spacial score (nSPS) is 22.0. The minimum Gasteiger partial charge on any atom is -0.486 e. The van der Waals surface area contributed by atoms with Crippen molar-refractivity contribution in [3.05, 3.63) is 51.3 Å². The second kappa shape index (κ2) is 6.39. The molecule has 0 radical (unpaired) electrons. The van der Waals surface area contributed by atoms with Gasteiger partial charge in [0, 0.05) is 11.6 Å². The lowest BCUT2D eigenvalue weighted by molar-refractivity contribution is -0.113. The van der Waals surface area contributed by atoms with Crippen molar-refractivity contribution in [2.75, 3.05) is 11.1 Å². The molecule has 1 amide bonds. The van der Waals surface area contributed by atoms with Crippen LogP contribution in [0.25, 0.3) is 6.08 Å². The number of aromatic nitrogens is 2. The van der Waals surface area contributed by atoms with E-state index < -0.39 is 0 Å². The van der Waals surface area contributed by atoms with E-state index in [1.807, 2.05) is 45.0 Å². The molecule has 2 N–H and O–H groups in total. The van der Waals surface area contributed by atoms with E-state index >= 15 is 0 Å². The number of thioether (sulfide) groups is 1. The monoisotopic (exact) mass is 371 g/mol. The fraction of sp³-hybridized carbons (Fsp3) is 0.368. The van der Waals surface area contributed by atoms with Gasteiger partial charge in [0.15, 0.2) is 0 Å². The molecule has 2 aromatic rings. The zero-order valence-corrected chi connectivity index (χ0v) is 15.7. The number of carbonyl (C=O) groups is 1. The minimum atomic E-state index is -0.240. The number of nitrogens with zero attached hydrogens (tertiary/aromatic N) is 1. The Morgan fingerprint density at radius 2 is 2.04 bits per heavy atom. The van der Waals surface area contributed by atoms with Crippen LogP contribution in [-0.4, -0.2) is 27.5 Å². The summed E-state index contributed by atoms with van der Waals surface area (Å²) in [6.45, 7) is 5.92. The van der Waals surface area contributed by atoms with E-state index in [9.17, 15) is 9.59 Å². The number of aromatic amines is 1. The quantitative estimate of drug-likeness (QED) is 0.849. The highest BCUT2D eigenvalue weighted by Gasteiger charge is 2.35. The molecule has 0 bridgehead atoms. The number of rotatable bonds is 2. The molecule has 0 unspecified atom stereocenters. The standard InChI is InChI=1S/C19H21N3O3S/c1-10(2)22-18-16(19(24)21-22)17(26-9-15(23)20-18)13-8-12-6-4-5-7-14(12)25-11(13)3/h4-8,10-11,17H,9H2,1-3H3,(H,20,23)(H,21,24)/t11-,17-/m0/s1. The maximum atomic E-state index is 12.7. The number of nitrogens with one attached hydrogen (secondary N) is 2. The first kappa shape index (κ1) is 17.0. The predicted molar refractivity (Wildman–Crippen MR) is 104 cm³/mol. The van der Waals surface area contributed by atoms with Gasteiger partial charge in [0.05, 0.1) is 16.6 Å². The van der Waals surface area contributed by atoms with Crippen molar-refractivity contribution >= 4 is 29.6 Å². The minimum absolute atomic E-state index is 0.0326. The zero-order valence-electron chi connectivity index (χ0n) is 14.9. The SMILES string of the molecule is CC(C)n1[nH]c(=O)c2c1NC(=O)CS[C@H]2C1=Cc2ccccc2O[C@H]1C. The Kier molecular flexibility index (Phi) is 4.19. The van der Waals surface area contributed by atoms with Gasteiger partial charge in [-0.15, -0.1) is 11.8 Å². The van der Waals surface area contributed by atoms with E-state index in [0.717, 1.165) is 16.9 Å². The van der Waals surface area contributed by atoms with E-state index in [1.54, 1.807) is 4.68 Å². The summed E-state index contributed by atoms with van der Waals surface area (Å²) >= 11 is 1.47. The summed E-state index contributed by atoms with van der Waals surface area (Å²) in [5, 5.41) is 5.53. The molecular weight excluding hydrogens is 350 g/mol. The van der Waals surface area contributed by atoms with Crippen LogP contribution in [0.4, 0.5) is 5.82 Å². The van der Waals surface area contributed by atoms with Gasteiger partial charge in [-0.3, -0.25) is 19.4 Å². The van der Waals surface area contributed by atoms with Gasteiger partial charge in [-0.2, -0.15) is 0 Å². The smallest absolute Gasteiger partial charge is 0.270 e. The summed E-state index contributed by atoms with van der Waals surface area (Å²) in [6, 6.07) is 7.88. The van der Waals surface area contributed by atoms with Crippen LogP contribution < -0.4 is 15.6 Å². The lowest BCUT2D eigenvalue weighted by atomic mass is 9.96. The highest BCUT2D eigenvalue weighted by molar-refractivity contribution is 8.00. The van der Waals surface area contributed by atoms with Crippen LogP contribution in [0.3, 0.4) is 0 Å². The topological polar surface area (TPSA) is 76.1 Å². The Balaban J connectivity index is 1.87. The molecule has 1 aromatic heterocycles. The van der Waals surface area contributed by atoms with Crippen molar-refractivity contribution in [3.8, 4) is 5.75 Å². The molecule has 4 rings (SSSR count). The maximum absolute atomic E-state index is 12.7. The van der Waals surface area contributed by atoms with E-state index in [4.69, 9.17) is 4.74 Å². The first-order valence-corrected chi connectivity index (χ1v) is 9.73. The summed E-state index contributed by atoms with van der Waals surface area (Å²) < 4.78 is 7.80. The molecule has 0 saturated heterocycles. The fourth-order valence-electron chi connectivity index (χ4n) is 3.45. The molecule has 0 fully saturated rings. The lowest BCUT2D eigenvalue weighted by Crippen LogP contribution is -2.24. The Morgan fingerprint density at radius 3 is 2.81 bits per heavy atom. The number of H-pyrrole nitrogens is 1. The van der Waals surface area contributed by atoms with E-state index in [0.29, 0.717) is 17.1 Å². The molecule has 0 saturated carbocycles.